The molecule has 0 heterocycles. The van der Waals surface area contributed by atoms with Gasteiger partial charge in [-0.25, -0.2) is 0 Å². The summed E-state index contributed by atoms with van der Waals surface area (Å²) in [7, 11) is 0. The van der Waals surface area contributed by atoms with Crippen molar-refractivity contribution in [2.24, 2.45) is 11.5 Å². The van der Waals surface area contributed by atoms with Crippen LogP contribution < -0.4 is 11.5 Å². The number of benzene rings is 2. The molecular formula is C27H42N2. The van der Waals surface area contributed by atoms with Gasteiger partial charge in [0.2, 0.25) is 0 Å². The van der Waals surface area contributed by atoms with E-state index in [2.05, 4.69) is 25.1 Å². The first-order chi connectivity index (χ1) is 14.2. The molecule has 0 atom stereocenters. The van der Waals surface area contributed by atoms with E-state index in [-0.39, 0.29) is 0 Å². The Balaban J connectivity index is 1.68. The molecule has 2 heteroatoms. The van der Waals surface area contributed by atoms with Crippen molar-refractivity contribution in [1.29, 1.82) is 0 Å². The molecule has 0 unspecified atom stereocenters. The van der Waals surface area contributed by atoms with Crippen molar-refractivity contribution in [2.75, 3.05) is 0 Å². The van der Waals surface area contributed by atoms with E-state index in [1.54, 1.807) is 0 Å². The van der Waals surface area contributed by atoms with E-state index in [4.69, 9.17) is 11.5 Å². The second-order valence-electron chi connectivity index (χ2n) is 8.53. The Morgan fingerprint density at radius 3 is 1.66 bits per heavy atom. The lowest BCUT2D eigenvalue weighted by molar-refractivity contribution is 0.539. The largest absolute Gasteiger partial charge is 0.306 e. The summed E-state index contributed by atoms with van der Waals surface area (Å²) in [6.45, 7) is 2.28. The number of hydrogen-bond acceptors (Lipinski definition) is 2. The third-order valence-corrected chi connectivity index (χ3v) is 6.01. The maximum atomic E-state index is 6.57. The normalized spacial score (nSPS) is 11.7. The molecule has 0 aliphatic heterocycles. The molecule has 0 radical (unpaired) electrons. The quantitative estimate of drug-likeness (QED) is 0.251. The lowest BCUT2D eigenvalue weighted by Gasteiger charge is -2.28. The average molecular weight is 395 g/mol. The third-order valence-electron chi connectivity index (χ3n) is 6.01. The second kappa shape index (κ2) is 13.6. The molecule has 29 heavy (non-hydrogen) atoms. The van der Waals surface area contributed by atoms with Crippen LogP contribution in [0.25, 0.3) is 0 Å². The summed E-state index contributed by atoms with van der Waals surface area (Å²) in [5.74, 6) is 0. The molecular weight excluding hydrogens is 352 g/mol. The van der Waals surface area contributed by atoms with Gasteiger partial charge >= 0.3 is 0 Å². The molecule has 0 saturated carbocycles. The molecule has 2 aromatic carbocycles. The summed E-state index contributed by atoms with van der Waals surface area (Å²) in [5.41, 5.74) is 15.5. The highest BCUT2D eigenvalue weighted by atomic mass is 15.0. The molecule has 160 valence electrons. The zero-order valence-electron chi connectivity index (χ0n) is 18.5. The Morgan fingerprint density at radius 2 is 1.07 bits per heavy atom. The van der Waals surface area contributed by atoms with Crippen molar-refractivity contribution in [3.05, 3.63) is 71.3 Å². The summed E-state index contributed by atoms with van der Waals surface area (Å²) < 4.78 is 0. The molecule has 2 nitrogen and oxygen atoms in total. The molecule has 0 aliphatic carbocycles. The Bertz CT molecular complexity index is 663. The van der Waals surface area contributed by atoms with Gasteiger partial charge in [0.05, 0.1) is 0 Å². The van der Waals surface area contributed by atoms with Gasteiger partial charge in [-0.2, -0.15) is 0 Å². The van der Waals surface area contributed by atoms with Gasteiger partial charge in [-0.1, -0.05) is 132 Å². The van der Waals surface area contributed by atoms with E-state index in [1.807, 2.05) is 36.4 Å². The van der Waals surface area contributed by atoms with Crippen molar-refractivity contribution < 1.29 is 0 Å². The number of nitrogens with two attached hydrogens (primary N) is 2. The minimum absolute atomic E-state index is 0.936. The molecule has 4 N–H and O–H groups in total. The molecule has 0 spiro atoms. The van der Waals surface area contributed by atoms with Crippen LogP contribution in [0.1, 0.15) is 101 Å². The smallest absolute Gasteiger partial charge is 0.117 e. The zero-order valence-corrected chi connectivity index (χ0v) is 18.5. The molecule has 0 fully saturated rings. The first-order valence-corrected chi connectivity index (χ1v) is 11.9. The van der Waals surface area contributed by atoms with E-state index in [0.29, 0.717) is 0 Å². The van der Waals surface area contributed by atoms with Crippen molar-refractivity contribution in [3.63, 3.8) is 0 Å². The maximum Gasteiger partial charge on any atom is 0.117 e. The van der Waals surface area contributed by atoms with Crippen LogP contribution in [0.4, 0.5) is 0 Å². The third kappa shape index (κ3) is 8.32. The molecule has 0 aliphatic rings. The Kier molecular flexibility index (Phi) is 11.1. The first kappa shape index (κ1) is 23.6. The Labute approximate surface area is 179 Å². The first-order valence-electron chi connectivity index (χ1n) is 11.9. The van der Waals surface area contributed by atoms with E-state index in [9.17, 15) is 0 Å². The Morgan fingerprint density at radius 1 is 0.586 bits per heavy atom. The van der Waals surface area contributed by atoms with E-state index in [1.165, 1.54) is 82.6 Å². The van der Waals surface area contributed by atoms with Crippen LogP contribution in [-0.4, -0.2) is 0 Å². The van der Waals surface area contributed by atoms with Crippen molar-refractivity contribution >= 4 is 0 Å². The molecule has 0 amide bonds. The molecule has 0 aromatic heterocycles. The number of hydrogen-bond donors (Lipinski definition) is 2. The van der Waals surface area contributed by atoms with Crippen LogP contribution in [0.3, 0.4) is 0 Å². The minimum Gasteiger partial charge on any atom is -0.306 e. The molecule has 0 bridgehead atoms. The average Bonchev–Trinajstić information content (AvgIpc) is 2.75. The summed E-state index contributed by atoms with van der Waals surface area (Å²) in [4.78, 5) is 0. The van der Waals surface area contributed by atoms with E-state index in [0.717, 1.165) is 17.5 Å². The highest BCUT2D eigenvalue weighted by molar-refractivity contribution is 5.41. The predicted molar refractivity (Wildman–Crippen MR) is 127 cm³/mol. The SMILES string of the molecule is CCCCCCCCCCCCCCc1ccccc1C(N)(N)c1ccccc1. The monoisotopic (exact) mass is 394 g/mol. The van der Waals surface area contributed by atoms with Gasteiger partial charge in [-0.05, 0) is 29.5 Å². The van der Waals surface area contributed by atoms with Crippen molar-refractivity contribution in [2.45, 2.75) is 96.1 Å². The summed E-state index contributed by atoms with van der Waals surface area (Å²) in [6, 6.07) is 18.4. The predicted octanol–water partition coefficient (Wildman–Crippen LogP) is 7.05. The van der Waals surface area contributed by atoms with Crippen LogP contribution in [0.15, 0.2) is 54.6 Å². The van der Waals surface area contributed by atoms with Crippen LogP contribution >= 0.6 is 0 Å². The lowest BCUT2D eigenvalue weighted by Crippen LogP contribution is -2.47. The topological polar surface area (TPSA) is 52.0 Å². The Hall–Kier alpha value is -1.64. The highest BCUT2D eigenvalue weighted by Crippen LogP contribution is 2.26. The van der Waals surface area contributed by atoms with Gasteiger partial charge in [0.15, 0.2) is 0 Å². The highest BCUT2D eigenvalue weighted by Gasteiger charge is 2.26. The fourth-order valence-corrected chi connectivity index (χ4v) is 4.17. The van der Waals surface area contributed by atoms with Crippen molar-refractivity contribution in [3.8, 4) is 0 Å². The number of unbranched alkanes of at least 4 members (excludes halogenated alkanes) is 11. The minimum atomic E-state index is -0.936. The summed E-state index contributed by atoms with van der Waals surface area (Å²) >= 11 is 0. The van der Waals surface area contributed by atoms with Gasteiger partial charge in [0.25, 0.3) is 0 Å². The zero-order chi connectivity index (χ0) is 20.8. The lowest BCUT2D eigenvalue weighted by atomic mass is 9.87. The summed E-state index contributed by atoms with van der Waals surface area (Å²) in [5, 5.41) is 0. The van der Waals surface area contributed by atoms with Gasteiger partial charge in [0, 0.05) is 0 Å². The van der Waals surface area contributed by atoms with Crippen LogP contribution in [-0.2, 0) is 12.1 Å². The van der Waals surface area contributed by atoms with E-state index >= 15 is 0 Å². The van der Waals surface area contributed by atoms with E-state index < -0.39 is 5.66 Å². The molecule has 2 aromatic rings. The van der Waals surface area contributed by atoms with Crippen LogP contribution in [0.5, 0.6) is 0 Å². The van der Waals surface area contributed by atoms with Crippen LogP contribution in [0, 0.1) is 0 Å². The molecule has 0 saturated heterocycles. The van der Waals surface area contributed by atoms with Gasteiger partial charge in [-0.3, -0.25) is 0 Å². The van der Waals surface area contributed by atoms with Crippen LogP contribution in [0.2, 0.25) is 0 Å². The summed E-state index contributed by atoms with van der Waals surface area (Å²) in [6.07, 6.45) is 17.5. The fourth-order valence-electron chi connectivity index (χ4n) is 4.17. The number of rotatable bonds is 15. The number of aryl methyl sites for hydroxylation is 1. The standard InChI is InChI=1S/C27H42N2/c1-2-3-4-5-6-7-8-9-10-11-12-14-19-24-20-17-18-23-26(24)27(28,29)25-21-15-13-16-22-25/h13,15-18,20-23H,2-12,14,19,28-29H2,1H3. The fraction of sp³-hybridized carbons (Fsp3) is 0.556. The second-order valence-corrected chi connectivity index (χ2v) is 8.53. The van der Waals surface area contributed by atoms with Gasteiger partial charge in [-0.15, -0.1) is 0 Å². The maximum absolute atomic E-state index is 6.57. The van der Waals surface area contributed by atoms with Crippen molar-refractivity contribution in [1.82, 2.24) is 0 Å². The van der Waals surface area contributed by atoms with Gasteiger partial charge < -0.3 is 11.5 Å². The molecule has 2 rings (SSSR count). The van der Waals surface area contributed by atoms with Gasteiger partial charge in [0.1, 0.15) is 5.66 Å².